The van der Waals surface area contributed by atoms with E-state index in [0.717, 1.165) is 22.9 Å². The van der Waals surface area contributed by atoms with Crippen molar-refractivity contribution in [3.8, 4) is 22.9 Å². The quantitative estimate of drug-likeness (QED) is 0.197. The molecule has 0 aliphatic heterocycles. The van der Waals surface area contributed by atoms with Crippen LogP contribution in [0.25, 0.3) is 34.1 Å². The van der Waals surface area contributed by atoms with E-state index < -0.39 is 11.7 Å². The first kappa shape index (κ1) is 26.0. The number of nitrogens with zero attached hydrogens (tertiary/aromatic N) is 6. The van der Waals surface area contributed by atoms with Gasteiger partial charge < -0.3 is 16.8 Å². The molecule has 0 saturated carbocycles. The number of aryl methyl sites for hydroxylation is 1. The van der Waals surface area contributed by atoms with Crippen molar-refractivity contribution in [2.24, 2.45) is 0 Å². The Morgan fingerprint density at radius 2 is 1.93 bits per heavy atom. The van der Waals surface area contributed by atoms with Gasteiger partial charge in [-0.25, -0.2) is 24.0 Å². The minimum absolute atomic E-state index is 0.0199. The number of anilines is 2. The number of benzene rings is 2. The molecule has 4 aromatic heterocycles. The number of hydrogen-bond donors (Lipinski definition) is 3. The highest BCUT2D eigenvalue weighted by molar-refractivity contribution is 5.98. The van der Waals surface area contributed by atoms with Crippen LogP contribution >= 0.6 is 0 Å². The first-order valence-electron chi connectivity index (χ1n) is 13.5. The maximum Gasteiger partial charge on any atom is 0.254 e. The summed E-state index contributed by atoms with van der Waals surface area (Å²) < 4.78 is 18.2. The molecule has 4 heterocycles. The van der Waals surface area contributed by atoms with Crippen molar-refractivity contribution in [2.45, 2.75) is 18.9 Å². The fraction of sp³-hybridized carbons (Fsp3) is 0.0968. The molecule has 1 aliphatic carbocycles. The molecular formula is C31H24FN9O2. The zero-order valence-electron chi connectivity index (χ0n) is 22.6. The highest BCUT2D eigenvalue weighted by Crippen LogP contribution is 2.36. The predicted molar refractivity (Wildman–Crippen MR) is 158 cm³/mol. The van der Waals surface area contributed by atoms with E-state index in [1.54, 1.807) is 23.1 Å². The van der Waals surface area contributed by atoms with Crippen LogP contribution in [0.4, 0.5) is 15.9 Å². The number of pyridine rings is 2. The smallest absolute Gasteiger partial charge is 0.254 e. The Bertz CT molecular complexity index is 2050. The van der Waals surface area contributed by atoms with Crippen LogP contribution in [0.3, 0.4) is 0 Å². The molecule has 0 bridgehead atoms. The van der Waals surface area contributed by atoms with Crippen molar-refractivity contribution in [1.29, 1.82) is 0 Å². The number of amides is 1. The number of halogens is 1. The SMILES string of the molecule is Nc1cc(F)c(C(=O)NC2CCc3cc(-n4c(-c5cccnc5N)nc5ccc(-n6cccn6)nc54)ccc32)cc1C=O. The summed E-state index contributed by atoms with van der Waals surface area (Å²) in [6.07, 6.45) is 6.92. The van der Waals surface area contributed by atoms with Gasteiger partial charge in [-0.2, -0.15) is 5.10 Å². The molecule has 5 N–H and O–H groups in total. The number of rotatable bonds is 6. The number of carbonyl (C=O) groups excluding carboxylic acids is 2. The summed E-state index contributed by atoms with van der Waals surface area (Å²) in [7, 11) is 0. The van der Waals surface area contributed by atoms with Gasteiger partial charge in [0, 0.05) is 35.5 Å². The fourth-order valence-corrected chi connectivity index (χ4v) is 5.52. The minimum atomic E-state index is -0.787. The number of aromatic nitrogens is 6. The van der Waals surface area contributed by atoms with E-state index in [0.29, 0.717) is 53.3 Å². The second-order valence-electron chi connectivity index (χ2n) is 10.2. The molecule has 12 heteroatoms. The summed E-state index contributed by atoms with van der Waals surface area (Å²) in [4.78, 5) is 38.3. The Balaban J connectivity index is 1.29. The largest absolute Gasteiger partial charge is 0.398 e. The van der Waals surface area contributed by atoms with E-state index in [2.05, 4.69) is 15.4 Å². The van der Waals surface area contributed by atoms with Crippen molar-refractivity contribution in [3.63, 3.8) is 0 Å². The number of hydrogen-bond acceptors (Lipinski definition) is 8. The Labute approximate surface area is 244 Å². The molecule has 212 valence electrons. The summed E-state index contributed by atoms with van der Waals surface area (Å²) in [5.41, 5.74) is 16.4. The molecular weight excluding hydrogens is 549 g/mol. The second kappa shape index (κ2) is 10.2. The summed E-state index contributed by atoms with van der Waals surface area (Å²) in [5.74, 6) is 0.139. The van der Waals surface area contributed by atoms with Crippen LogP contribution < -0.4 is 16.8 Å². The topological polar surface area (TPSA) is 160 Å². The summed E-state index contributed by atoms with van der Waals surface area (Å²) in [5, 5.41) is 7.22. The lowest BCUT2D eigenvalue weighted by Crippen LogP contribution is -2.28. The third kappa shape index (κ3) is 4.45. The molecule has 2 aromatic carbocycles. The van der Waals surface area contributed by atoms with Gasteiger partial charge in [-0.15, -0.1) is 0 Å². The summed E-state index contributed by atoms with van der Waals surface area (Å²) in [6, 6.07) is 16.9. The summed E-state index contributed by atoms with van der Waals surface area (Å²) >= 11 is 0. The van der Waals surface area contributed by atoms with Crippen LogP contribution in [0, 0.1) is 5.82 Å². The highest BCUT2D eigenvalue weighted by atomic mass is 19.1. The van der Waals surface area contributed by atoms with Crippen LogP contribution in [0.2, 0.25) is 0 Å². The van der Waals surface area contributed by atoms with E-state index in [1.807, 2.05) is 53.2 Å². The van der Waals surface area contributed by atoms with Gasteiger partial charge in [0.2, 0.25) is 0 Å². The molecule has 7 rings (SSSR count). The van der Waals surface area contributed by atoms with Crippen molar-refractivity contribution in [3.05, 3.63) is 107 Å². The molecule has 0 fully saturated rings. The molecule has 6 aromatic rings. The Morgan fingerprint density at radius 1 is 1.05 bits per heavy atom. The number of imidazole rings is 1. The number of nitrogens with one attached hydrogen (secondary N) is 1. The summed E-state index contributed by atoms with van der Waals surface area (Å²) in [6.45, 7) is 0. The molecule has 43 heavy (non-hydrogen) atoms. The minimum Gasteiger partial charge on any atom is -0.398 e. The van der Waals surface area contributed by atoms with Gasteiger partial charge in [-0.1, -0.05) is 6.07 Å². The molecule has 0 spiro atoms. The maximum atomic E-state index is 14.6. The normalized spacial score (nSPS) is 14.1. The van der Waals surface area contributed by atoms with Crippen LogP contribution in [0.5, 0.6) is 0 Å². The lowest BCUT2D eigenvalue weighted by Gasteiger charge is -2.16. The Hall–Kier alpha value is -5.91. The van der Waals surface area contributed by atoms with Crippen LogP contribution in [-0.2, 0) is 6.42 Å². The monoisotopic (exact) mass is 573 g/mol. The van der Waals surface area contributed by atoms with Gasteiger partial charge in [0.05, 0.1) is 17.2 Å². The number of nitrogens with two attached hydrogens (primary N) is 2. The van der Waals surface area contributed by atoms with E-state index in [9.17, 15) is 14.0 Å². The van der Waals surface area contributed by atoms with Crippen molar-refractivity contribution in [2.75, 3.05) is 11.5 Å². The standard InChI is InChI=1S/C31H24FN9O2/c32-23-15-24(33)18(16-42)14-22(23)31(43)38-25-7-4-17-13-19(5-6-20(17)25)41-29(21-3-1-10-35-28(21)34)37-26-8-9-27(39-30(26)41)40-12-2-11-36-40/h1-3,5-6,8-16,25H,4,7,33H2,(H2,34,35)(H,38,43). The van der Waals surface area contributed by atoms with Crippen LogP contribution in [0.15, 0.2) is 79.3 Å². The molecule has 0 radical (unpaired) electrons. The lowest BCUT2D eigenvalue weighted by molar-refractivity contribution is 0.0932. The number of aldehydes is 1. The second-order valence-corrected chi connectivity index (χ2v) is 10.2. The Kier molecular flexibility index (Phi) is 6.16. The van der Waals surface area contributed by atoms with Gasteiger partial charge in [0.25, 0.3) is 5.91 Å². The van der Waals surface area contributed by atoms with Crippen LogP contribution in [0.1, 0.15) is 44.3 Å². The lowest BCUT2D eigenvalue weighted by atomic mass is 10.0. The van der Waals surface area contributed by atoms with Crippen molar-refractivity contribution in [1.82, 2.24) is 34.6 Å². The van der Waals surface area contributed by atoms with Gasteiger partial charge in [0.15, 0.2) is 23.6 Å². The Morgan fingerprint density at radius 3 is 2.72 bits per heavy atom. The van der Waals surface area contributed by atoms with Gasteiger partial charge in [0.1, 0.15) is 17.2 Å². The number of carbonyl (C=O) groups is 2. The number of fused-ring (bicyclic) bond motifs is 2. The van der Waals surface area contributed by atoms with Crippen molar-refractivity contribution < 1.29 is 14.0 Å². The van der Waals surface area contributed by atoms with Gasteiger partial charge in [-0.3, -0.25) is 14.2 Å². The van der Waals surface area contributed by atoms with E-state index in [-0.39, 0.29) is 22.9 Å². The van der Waals surface area contributed by atoms with E-state index in [4.69, 9.17) is 21.4 Å². The predicted octanol–water partition coefficient (Wildman–Crippen LogP) is 4.20. The molecule has 1 atom stereocenters. The first-order valence-corrected chi connectivity index (χ1v) is 13.5. The third-order valence-electron chi connectivity index (χ3n) is 7.62. The molecule has 0 saturated heterocycles. The number of nitrogen functional groups attached to an aromatic ring is 2. The van der Waals surface area contributed by atoms with Crippen molar-refractivity contribution >= 4 is 34.9 Å². The zero-order chi connectivity index (χ0) is 29.7. The molecule has 1 unspecified atom stereocenters. The van der Waals surface area contributed by atoms with E-state index in [1.165, 1.54) is 6.07 Å². The van der Waals surface area contributed by atoms with Gasteiger partial charge in [-0.05, 0) is 78.6 Å². The molecule has 1 aliphatic rings. The zero-order valence-corrected chi connectivity index (χ0v) is 22.6. The molecule has 1 amide bonds. The average molecular weight is 574 g/mol. The molecule has 11 nitrogen and oxygen atoms in total. The average Bonchev–Trinajstić information content (AvgIpc) is 3.76. The highest BCUT2D eigenvalue weighted by Gasteiger charge is 2.27. The van der Waals surface area contributed by atoms with Crippen LogP contribution in [-0.4, -0.2) is 41.5 Å². The van der Waals surface area contributed by atoms with Gasteiger partial charge >= 0.3 is 0 Å². The fourth-order valence-electron chi connectivity index (χ4n) is 5.52. The maximum absolute atomic E-state index is 14.6. The third-order valence-corrected chi connectivity index (χ3v) is 7.62. The first-order chi connectivity index (χ1) is 20.9. The van der Waals surface area contributed by atoms with E-state index >= 15 is 0 Å².